The molecule has 1 aromatic carbocycles. The number of nitrogens with two attached hydrogens (primary N) is 1. The first kappa shape index (κ1) is 7.60. The monoisotopic (exact) mass is 177 g/mol. The molecule has 0 unspecified atom stereocenters. The van der Waals surface area contributed by atoms with E-state index >= 15 is 0 Å². The van der Waals surface area contributed by atoms with Gasteiger partial charge in [0.25, 0.3) is 5.69 Å². The third kappa shape index (κ3) is 1.10. The van der Waals surface area contributed by atoms with Gasteiger partial charge in [-0.2, -0.15) is 0 Å². The number of benzene rings is 1. The van der Waals surface area contributed by atoms with Crippen LogP contribution in [-0.4, -0.2) is 9.91 Å². The summed E-state index contributed by atoms with van der Waals surface area (Å²) in [6.45, 7) is 0. The van der Waals surface area contributed by atoms with Gasteiger partial charge in [0.05, 0.1) is 4.92 Å². The predicted octanol–water partition coefficient (Wildman–Crippen LogP) is 1.66. The standard InChI is InChI=1S/C8H7N3O2/c9-6-4-7-5(1-2-10-7)3-8(6)11(12)13/h1-4,10H,9H2. The molecule has 0 saturated heterocycles. The van der Waals surface area contributed by atoms with Crippen molar-refractivity contribution >= 4 is 22.3 Å². The molecule has 0 bridgehead atoms. The van der Waals surface area contributed by atoms with Crippen LogP contribution in [0.4, 0.5) is 11.4 Å². The number of fused-ring (bicyclic) bond motifs is 1. The lowest BCUT2D eigenvalue weighted by Crippen LogP contribution is -1.94. The summed E-state index contributed by atoms with van der Waals surface area (Å²) in [5, 5.41) is 11.3. The molecular formula is C8H7N3O2. The molecule has 0 atom stereocenters. The summed E-state index contributed by atoms with van der Waals surface area (Å²) in [6, 6.07) is 4.79. The molecule has 0 aliphatic rings. The largest absolute Gasteiger partial charge is 0.393 e. The van der Waals surface area contributed by atoms with Gasteiger partial charge in [-0.3, -0.25) is 10.1 Å². The number of nitrogens with one attached hydrogen (secondary N) is 1. The maximum absolute atomic E-state index is 10.5. The number of nitrogen functional groups attached to an aromatic ring is 1. The van der Waals surface area contributed by atoms with Crippen LogP contribution in [0.25, 0.3) is 10.9 Å². The Morgan fingerprint density at radius 3 is 2.92 bits per heavy atom. The Morgan fingerprint density at radius 1 is 1.46 bits per heavy atom. The zero-order valence-corrected chi connectivity index (χ0v) is 6.65. The van der Waals surface area contributed by atoms with E-state index in [0.717, 1.165) is 10.9 Å². The van der Waals surface area contributed by atoms with Crippen LogP contribution in [-0.2, 0) is 0 Å². The van der Waals surface area contributed by atoms with E-state index in [2.05, 4.69) is 4.98 Å². The Morgan fingerprint density at radius 2 is 2.23 bits per heavy atom. The summed E-state index contributed by atoms with van der Waals surface area (Å²) in [5.74, 6) is 0. The fraction of sp³-hybridized carbons (Fsp3) is 0. The maximum Gasteiger partial charge on any atom is 0.292 e. The Hall–Kier alpha value is -2.04. The van der Waals surface area contributed by atoms with Gasteiger partial charge in [-0.25, -0.2) is 0 Å². The molecule has 2 aromatic rings. The number of H-pyrrole nitrogens is 1. The first-order valence-corrected chi connectivity index (χ1v) is 3.69. The van der Waals surface area contributed by atoms with Crippen molar-refractivity contribution in [1.29, 1.82) is 0 Å². The summed E-state index contributed by atoms with van der Waals surface area (Å²) in [4.78, 5) is 12.9. The quantitative estimate of drug-likeness (QED) is 0.394. The lowest BCUT2D eigenvalue weighted by molar-refractivity contribution is -0.383. The van der Waals surface area contributed by atoms with Crippen molar-refractivity contribution in [2.45, 2.75) is 0 Å². The van der Waals surface area contributed by atoms with E-state index in [1.54, 1.807) is 18.3 Å². The number of hydrogen-bond acceptors (Lipinski definition) is 3. The van der Waals surface area contributed by atoms with Crippen LogP contribution in [0.5, 0.6) is 0 Å². The van der Waals surface area contributed by atoms with Gasteiger partial charge in [0, 0.05) is 23.2 Å². The second-order valence-corrected chi connectivity index (χ2v) is 2.73. The molecule has 2 rings (SSSR count). The Labute approximate surface area is 73.3 Å². The lowest BCUT2D eigenvalue weighted by Gasteiger charge is -1.96. The van der Waals surface area contributed by atoms with Crippen LogP contribution in [0, 0.1) is 10.1 Å². The Kier molecular flexibility index (Phi) is 1.45. The van der Waals surface area contributed by atoms with E-state index in [9.17, 15) is 10.1 Å². The first-order chi connectivity index (χ1) is 6.18. The van der Waals surface area contributed by atoms with E-state index in [1.165, 1.54) is 6.07 Å². The third-order valence-corrected chi connectivity index (χ3v) is 1.90. The van der Waals surface area contributed by atoms with Crippen molar-refractivity contribution in [3.8, 4) is 0 Å². The van der Waals surface area contributed by atoms with Gasteiger partial charge in [0.1, 0.15) is 5.69 Å². The second-order valence-electron chi connectivity index (χ2n) is 2.73. The highest BCUT2D eigenvalue weighted by molar-refractivity contribution is 5.87. The van der Waals surface area contributed by atoms with Crippen molar-refractivity contribution in [1.82, 2.24) is 4.98 Å². The highest BCUT2D eigenvalue weighted by atomic mass is 16.6. The zero-order valence-electron chi connectivity index (χ0n) is 6.65. The zero-order chi connectivity index (χ0) is 9.42. The SMILES string of the molecule is Nc1cc2[nH]ccc2cc1[N+](=O)[O-]. The number of nitrogens with zero attached hydrogens (tertiary/aromatic N) is 1. The number of hydrogen-bond donors (Lipinski definition) is 2. The minimum atomic E-state index is -0.484. The smallest absolute Gasteiger partial charge is 0.292 e. The minimum absolute atomic E-state index is 0.0490. The maximum atomic E-state index is 10.5. The number of rotatable bonds is 1. The average Bonchev–Trinajstić information content (AvgIpc) is 2.48. The van der Waals surface area contributed by atoms with Gasteiger partial charge in [-0.1, -0.05) is 0 Å². The second kappa shape index (κ2) is 2.48. The Balaban J connectivity index is 2.76. The fourth-order valence-corrected chi connectivity index (χ4v) is 1.26. The van der Waals surface area contributed by atoms with Crippen LogP contribution >= 0.6 is 0 Å². The molecule has 13 heavy (non-hydrogen) atoms. The summed E-state index contributed by atoms with van der Waals surface area (Å²) in [6.07, 6.45) is 1.72. The molecule has 0 fully saturated rings. The van der Waals surface area contributed by atoms with Crippen molar-refractivity contribution in [3.05, 3.63) is 34.5 Å². The van der Waals surface area contributed by atoms with Crippen molar-refractivity contribution in [2.75, 3.05) is 5.73 Å². The van der Waals surface area contributed by atoms with Gasteiger partial charge in [0.2, 0.25) is 0 Å². The summed E-state index contributed by atoms with van der Waals surface area (Å²) in [5.41, 5.74) is 6.43. The number of nitro groups is 1. The van der Waals surface area contributed by atoms with Crippen LogP contribution in [0.15, 0.2) is 24.4 Å². The number of anilines is 1. The predicted molar refractivity (Wildman–Crippen MR) is 49.4 cm³/mol. The van der Waals surface area contributed by atoms with Gasteiger partial charge in [-0.15, -0.1) is 0 Å². The van der Waals surface area contributed by atoms with Crippen LogP contribution < -0.4 is 5.73 Å². The molecule has 0 amide bonds. The highest BCUT2D eigenvalue weighted by Crippen LogP contribution is 2.26. The molecular weight excluding hydrogens is 170 g/mol. The Bertz CT molecular complexity index is 475. The molecule has 1 aromatic heterocycles. The van der Waals surface area contributed by atoms with E-state index < -0.39 is 4.92 Å². The van der Waals surface area contributed by atoms with Gasteiger partial charge >= 0.3 is 0 Å². The molecule has 0 aliphatic heterocycles. The molecule has 0 radical (unpaired) electrons. The van der Waals surface area contributed by atoms with Crippen molar-refractivity contribution in [2.24, 2.45) is 0 Å². The number of aromatic nitrogens is 1. The third-order valence-electron chi connectivity index (χ3n) is 1.90. The molecule has 0 spiro atoms. The molecule has 5 nitrogen and oxygen atoms in total. The topological polar surface area (TPSA) is 85.0 Å². The first-order valence-electron chi connectivity index (χ1n) is 3.69. The lowest BCUT2D eigenvalue weighted by atomic mass is 10.2. The molecule has 0 saturated carbocycles. The average molecular weight is 177 g/mol. The van der Waals surface area contributed by atoms with E-state index in [0.29, 0.717) is 0 Å². The van der Waals surface area contributed by atoms with Crippen molar-refractivity contribution in [3.63, 3.8) is 0 Å². The summed E-state index contributed by atoms with van der Waals surface area (Å²) >= 11 is 0. The molecule has 66 valence electrons. The van der Waals surface area contributed by atoms with Crippen LogP contribution in [0.2, 0.25) is 0 Å². The fourth-order valence-electron chi connectivity index (χ4n) is 1.26. The minimum Gasteiger partial charge on any atom is -0.393 e. The highest BCUT2D eigenvalue weighted by Gasteiger charge is 2.12. The van der Waals surface area contributed by atoms with Crippen molar-refractivity contribution < 1.29 is 4.92 Å². The van der Waals surface area contributed by atoms with Crippen LogP contribution in [0.3, 0.4) is 0 Å². The summed E-state index contributed by atoms with van der Waals surface area (Å²) < 4.78 is 0. The van der Waals surface area contributed by atoms with Gasteiger partial charge in [0.15, 0.2) is 0 Å². The van der Waals surface area contributed by atoms with Crippen LogP contribution in [0.1, 0.15) is 0 Å². The molecule has 0 aliphatic carbocycles. The normalized spacial score (nSPS) is 10.5. The molecule has 5 heteroatoms. The van der Waals surface area contributed by atoms with E-state index in [1.807, 2.05) is 0 Å². The van der Waals surface area contributed by atoms with Gasteiger partial charge in [-0.05, 0) is 12.1 Å². The number of nitro benzene ring substituents is 1. The molecule has 3 N–H and O–H groups in total. The number of aromatic amines is 1. The van der Waals surface area contributed by atoms with Gasteiger partial charge < -0.3 is 10.7 Å². The molecule has 1 heterocycles. The van der Waals surface area contributed by atoms with E-state index in [4.69, 9.17) is 5.73 Å². The van der Waals surface area contributed by atoms with E-state index in [-0.39, 0.29) is 11.4 Å². The summed E-state index contributed by atoms with van der Waals surface area (Å²) in [7, 11) is 0.